The number of benzene rings is 2. The SMILES string of the molecule is O=C(c1ccc(Cl)cc1)N1CCC[C@@H]1c1ccc2c(c1)OCCO2. The lowest BCUT2D eigenvalue weighted by molar-refractivity contribution is 0.0735. The third-order valence-corrected chi connectivity index (χ3v) is 4.81. The maximum absolute atomic E-state index is 12.9. The van der Waals surface area contributed by atoms with Gasteiger partial charge in [-0.15, -0.1) is 0 Å². The topological polar surface area (TPSA) is 38.8 Å². The standard InChI is InChI=1S/C19H18ClNO3/c20-15-6-3-13(4-7-15)19(22)21-9-1-2-16(21)14-5-8-17-18(12-14)24-11-10-23-17/h3-8,12,16H,1-2,9-11H2/t16-/m1/s1. The summed E-state index contributed by atoms with van der Waals surface area (Å²) in [5.41, 5.74) is 1.77. The molecular formula is C19H18ClNO3. The number of carbonyl (C=O) groups excluding carboxylic acids is 1. The number of halogens is 1. The van der Waals surface area contributed by atoms with Gasteiger partial charge in [0.2, 0.25) is 0 Å². The van der Waals surface area contributed by atoms with Crippen molar-refractivity contribution in [2.24, 2.45) is 0 Å². The molecule has 2 heterocycles. The Balaban J connectivity index is 1.60. The van der Waals surface area contributed by atoms with Crippen LogP contribution in [0.2, 0.25) is 5.02 Å². The molecule has 0 aromatic heterocycles. The predicted octanol–water partition coefficient (Wildman–Crippen LogP) is 4.09. The van der Waals surface area contributed by atoms with E-state index in [9.17, 15) is 4.79 Å². The van der Waals surface area contributed by atoms with Crippen molar-refractivity contribution in [3.8, 4) is 11.5 Å². The van der Waals surface area contributed by atoms with E-state index in [1.807, 2.05) is 23.1 Å². The highest BCUT2D eigenvalue weighted by Crippen LogP contribution is 2.38. The Morgan fingerprint density at radius 1 is 1.04 bits per heavy atom. The monoisotopic (exact) mass is 343 g/mol. The average molecular weight is 344 g/mol. The summed E-state index contributed by atoms with van der Waals surface area (Å²) in [5, 5.41) is 0.636. The first-order valence-electron chi connectivity index (χ1n) is 8.18. The zero-order chi connectivity index (χ0) is 16.5. The van der Waals surface area contributed by atoms with Crippen molar-refractivity contribution < 1.29 is 14.3 Å². The highest BCUT2D eigenvalue weighted by molar-refractivity contribution is 6.30. The summed E-state index contributed by atoms with van der Waals surface area (Å²) in [4.78, 5) is 14.8. The maximum Gasteiger partial charge on any atom is 0.254 e. The first-order chi connectivity index (χ1) is 11.7. The van der Waals surface area contributed by atoms with Gasteiger partial charge in [-0.1, -0.05) is 17.7 Å². The zero-order valence-corrected chi connectivity index (χ0v) is 14.0. The third-order valence-electron chi connectivity index (χ3n) is 4.56. The lowest BCUT2D eigenvalue weighted by Crippen LogP contribution is -2.30. The minimum absolute atomic E-state index is 0.0454. The number of fused-ring (bicyclic) bond motifs is 1. The van der Waals surface area contributed by atoms with Crippen LogP contribution in [0.4, 0.5) is 0 Å². The second-order valence-electron chi connectivity index (χ2n) is 6.07. The van der Waals surface area contributed by atoms with E-state index in [0.717, 1.165) is 36.4 Å². The molecule has 0 radical (unpaired) electrons. The van der Waals surface area contributed by atoms with Gasteiger partial charge >= 0.3 is 0 Å². The number of rotatable bonds is 2. The highest BCUT2D eigenvalue weighted by atomic mass is 35.5. The molecule has 5 heteroatoms. The molecule has 0 N–H and O–H groups in total. The van der Waals surface area contributed by atoms with Crippen molar-refractivity contribution in [1.29, 1.82) is 0 Å². The molecule has 124 valence electrons. The van der Waals surface area contributed by atoms with E-state index in [4.69, 9.17) is 21.1 Å². The first kappa shape index (κ1) is 15.3. The normalized spacial score (nSPS) is 19.4. The third kappa shape index (κ3) is 2.82. The molecule has 4 rings (SSSR count). The van der Waals surface area contributed by atoms with Crippen LogP contribution in [0.15, 0.2) is 42.5 Å². The van der Waals surface area contributed by atoms with E-state index in [2.05, 4.69) is 0 Å². The summed E-state index contributed by atoms with van der Waals surface area (Å²) in [5.74, 6) is 1.59. The average Bonchev–Trinajstić information content (AvgIpc) is 3.11. The van der Waals surface area contributed by atoms with Gasteiger partial charge < -0.3 is 14.4 Å². The summed E-state index contributed by atoms with van der Waals surface area (Å²) in [6, 6.07) is 13.1. The van der Waals surface area contributed by atoms with E-state index >= 15 is 0 Å². The lowest BCUT2D eigenvalue weighted by atomic mass is 10.0. The Morgan fingerprint density at radius 3 is 2.58 bits per heavy atom. The van der Waals surface area contributed by atoms with Gasteiger partial charge in [0, 0.05) is 17.1 Å². The Hall–Kier alpha value is -2.20. The molecule has 0 aliphatic carbocycles. The number of hydrogen-bond acceptors (Lipinski definition) is 3. The molecule has 1 fully saturated rings. The smallest absolute Gasteiger partial charge is 0.254 e. The van der Waals surface area contributed by atoms with E-state index in [1.165, 1.54) is 0 Å². The summed E-state index contributed by atoms with van der Waals surface area (Å²) in [6.45, 7) is 1.91. The molecule has 1 atom stereocenters. The number of likely N-dealkylation sites (tertiary alicyclic amines) is 1. The summed E-state index contributed by atoms with van der Waals surface area (Å²) < 4.78 is 11.3. The van der Waals surface area contributed by atoms with Crippen LogP contribution in [0.3, 0.4) is 0 Å². The van der Waals surface area contributed by atoms with Crippen LogP contribution in [0, 0.1) is 0 Å². The highest BCUT2D eigenvalue weighted by Gasteiger charge is 2.31. The molecule has 2 aliphatic rings. The van der Waals surface area contributed by atoms with E-state index in [1.54, 1.807) is 24.3 Å². The van der Waals surface area contributed by atoms with E-state index in [-0.39, 0.29) is 11.9 Å². The van der Waals surface area contributed by atoms with Gasteiger partial charge in [0.1, 0.15) is 13.2 Å². The molecule has 2 aromatic carbocycles. The van der Waals surface area contributed by atoms with Crippen molar-refractivity contribution in [1.82, 2.24) is 4.90 Å². The quantitative estimate of drug-likeness (QED) is 0.824. The molecule has 0 spiro atoms. The molecule has 1 amide bonds. The number of ether oxygens (including phenoxy) is 2. The molecule has 0 bridgehead atoms. The first-order valence-corrected chi connectivity index (χ1v) is 8.56. The fourth-order valence-corrected chi connectivity index (χ4v) is 3.51. The summed E-state index contributed by atoms with van der Waals surface area (Å²) >= 11 is 5.92. The number of carbonyl (C=O) groups is 1. The fourth-order valence-electron chi connectivity index (χ4n) is 3.38. The second kappa shape index (κ2) is 6.36. The number of nitrogens with zero attached hydrogens (tertiary/aromatic N) is 1. The van der Waals surface area contributed by atoms with Gasteiger partial charge in [-0.05, 0) is 54.8 Å². The van der Waals surface area contributed by atoms with Gasteiger partial charge in [-0.2, -0.15) is 0 Å². The van der Waals surface area contributed by atoms with Crippen LogP contribution in [0.5, 0.6) is 11.5 Å². The molecule has 0 unspecified atom stereocenters. The maximum atomic E-state index is 12.9. The van der Waals surface area contributed by atoms with Gasteiger partial charge in [0.25, 0.3) is 5.91 Å². The Labute approximate surface area is 145 Å². The minimum atomic E-state index is 0.0454. The van der Waals surface area contributed by atoms with Crippen LogP contribution in [0.1, 0.15) is 34.8 Å². The second-order valence-corrected chi connectivity index (χ2v) is 6.50. The van der Waals surface area contributed by atoms with Crippen LogP contribution >= 0.6 is 11.6 Å². The van der Waals surface area contributed by atoms with Gasteiger partial charge in [0.05, 0.1) is 6.04 Å². The van der Waals surface area contributed by atoms with Crippen molar-refractivity contribution in [2.45, 2.75) is 18.9 Å². The van der Waals surface area contributed by atoms with Crippen molar-refractivity contribution in [3.63, 3.8) is 0 Å². The van der Waals surface area contributed by atoms with Gasteiger partial charge in [0.15, 0.2) is 11.5 Å². The van der Waals surface area contributed by atoms with Gasteiger partial charge in [-0.3, -0.25) is 4.79 Å². The largest absolute Gasteiger partial charge is 0.486 e. The fraction of sp³-hybridized carbons (Fsp3) is 0.316. The Bertz CT molecular complexity index is 760. The van der Waals surface area contributed by atoms with Crippen LogP contribution in [-0.4, -0.2) is 30.6 Å². The Kier molecular flexibility index (Phi) is 4.07. The molecule has 1 saturated heterocycles. The molecule has 2 aliphatic heterocycles. The molecular weight excluding hydrogens is 326 g/mol. The summed E-state index contributed by atoms with van der Waals surface area (Å²) in [7, 11) is 0. The van der Waals surface area contributed by atoms with Crippen LogP contribution < -0.4 is 9.47 Å². The summed E-state index contributed by atoms with van der Waals surface area (Å²) in [6.07, 6.45) is 1.96. The zero-order valence-electron chi connectivity index (χ0n) is 13.2. The predicted molar refractivity (Wildman–Crippen MR) is 91.9 cm³/mol. The Morgan fingerprint density at radius 2 is 1.79 bits per heavy atom. The van der Waals surface area contributed by atoms with E-state index < -0.39 is 0 Å². The van der Waals surface area contributed by atoms with Gasteiger partial charge in [-0.25, -0.2) is 0 Å². The van der Waals surface area contributed by atoms with E-state index in [0.29, 0.717) is 23.8 Å². The van der Waals surface area contributed by atoms with Crippen molar-refractivity contribution >= 4 is 17.5 Å². The number of hydrogen-bond donors (Lipinski definition) is 0. The molecule has 2 aromatic rings. The molecule has 4 nitrogen and oxygen atoms in total. The minimum Gasteiger partial charge on any atom is -0.486 e. The van der Waals surface area contributed by atoms with Crippen LogP contribution in [0.25, 0.3) is 0 Å². The lowest BCUT2D eigenvalue weighted by Gasteiger charge is -2.27. The van der Waals surface area contributed by atoms with Crippen molar-refractivity contribution in [2.75, 3.05) is 19.8 Å². The van der Waals surface area contributed by atoms with Crippen LogP contribution in [-0.2, 0) is 0 Å². The number of amides is 1. The van der Waals surface area contributed by atoms with Crippen molar-refractivity contribution in [3.05, 3.63) is 58.6 Å². The molecule has 0 saturated carbocycles. The molecule has 24 heavy (non-hydrogen) atoms.